The number of nitrogens with zero attached hydrogens (tertiary/aromatic N) is 1. The van der Waals surface area contributed by atoms with Gasteiger partial charge in [0.15, 0.2) is 0 Å². The van der Waals surface area contributed by atoms with Crippen molar-refractivity contribution in [3.63, 3.8) is 0 Å². The molecule has 2 heterocycles. The third-order valence-electron chi connectivity index (χ3n) is 5.00. The largest absolute Gasteiger partial charge is 0.370 e. The first kappa shape index (κ1) is 16.8. The van der Waals surface area contributed by atoms with Gasteiger partial charge in [-0.1, -0.05) is 23.8 Å². The van der Waals surface area contributed by atoms with Crippen molar-refractivity contribution in [2.24, 2.45) is 5.92 Å². The predicted molar refractivity (Wildman–Crippen MR) is 95.9 cm³/mol. The fraction of sp³-hybridized carbons (Fsp3) is 0.632. The molecule has 0 spiro atoms. The summed E-state index contributed by atoms with van der Waals surface area (Å²) in [5.74, 6) is 3.34. The van der Waals surface area contributed by atoms with E-state index in [1.54, 1.807) is 0 Å². The first-order chi connectivity index (χ1) is 11.1. The molecule has 1 atom stereocenters. The maximum absolute atomic E-state index is 12.6. The molecule has 2 saturated heterocycles. The summed E-state index contributed by atoms with van der Waals surface area (Å²) < 4.78 is 5.96. The number of hydrogen-bond donors (Lipinski definition) is 0. The van der Waals surface area contributed by atoms with E-state index in [9.17, 15) is 4.79 Å². The van der Waals surface area contributed by atoms with E-state index in [2.05, 4.69) is 32.0 Å². The van der Waals surface area contributed by atoms with E-state index in [0.29, 0.717) is 25.0 Å². The fourth-order valence-electron chi connectivity index (χ4n) is 3.58. The number of benzene rings is 1. The second kappa shape index (κ2) is 7.71. The minimum Gasteiger partial charge on any atom is -0.370 e. The first-order valence-electron chi connectivity index (χ1n) is 8.68. The van der Waals surface area contributed by atoms with Gasteiger partial charge in [-0.3, -0.25) is 4.79 Å². The highest BCUT2D eigenvalue weighted by Crippen LogP contribution is 2.29. The molecule has 0 bridgehead atoms. The van der Waals surface area contributed by atoms with Gasteiger partial charge in [0.05, 0.1) is 13.2 Å². The molecule has 2 aliphatic rings. The zero-order chi connectivity index (χ0) is 16.2. The molecule has 0 aliphatic carbocycles. The van der Waals surface area contributed by atoms with E-state index in [-0.39, 0.29) is 6.10 Å². The molecule has 0 radical (unpaired) electrons. The number of amides is 1. The minimum atomic E-state index is 0.0233. The van der Waals surface area contributed by atoms with Crippen LogP contribution < -0.4 is 0 Å². The number of ether oxygens (including phenoxy) is 1. The average molecular weight is 333 g/mol. The summed E-state index contributed by atoms with van der Waals surface area (Å²) in [4.78, 5) is 14.7. The van der Waals surface area contributed by atoms with Gasteiger partial charge in [0.1, 0.15) is 6.10 Å². The summed E-state index contributed by atoms with van der Waals surface area (Å²) in [5.41, 5.74) is 3.75. The predicted octanol–water partition coefficient (Wildman–Crippen LogP) is 3.74. The lowest BCUT2D eigenvalue weighted by Gasteiger charge is -2.35. The van der Waals surface area contributed by atoms with E-state index in [0.717, 1.165) is 13.0 Å². The van der Waals surface area contributed by atoms with Crippen molar-refractivity contribution in [3.8, 4) is 0 Å². The lowest BCUT2D eigenvalue weighted by molar-refractivity contribution is -0.140. The van der Waals surface area contributed by atoms with E-state index in [1.807, 2.05) is 16.7 Å². The molecule has 0 N–H and O–H groups in total. The Labute approximate surface area is 143 Å². The Kier molecular flexibility index (Phi) is 5.65. The van der Waals surface area contributed by atoms with Crippen molar-refractivity contribution in [2.45, 2.75) is 39.2 Å². The number of rotatable bonds is 3. The standard InChI is InChI=1S/C19H27NO2S/c1-14-3-4-17(15(2)11-14)18-13-20(7-8-22-18)19(21)12-16-5-9-23-10-6-16/h3-4,11,16,18H,5-10,12-13H2,1-2H3/t18-/m1/s1. The Morgan fingerprint density at radius 2 is 2.09 bits per heavy atom. The zero-order valence-corrected chi connectivity index (χ0v) is 15.0. The Morgan fingerprint density at radius 1 is 1.30 bits per heavy atom. The second-order valence-electron chi connectivity index (χ2n) is 6.82. The van der Waals surface area contributed by atoms with Gasteiger partial charge in [-0.25, -0.2) is 0 Å². The Hall–Kier alpha value is -1.00. The Bertz CT molecular complexity index is 554. The monoisotopic (exact) mass is 333 g/mol. The summed E-state index contributed by atoms with van der Waals surface area (Å²) in [5, 5.41) is 0. The molecule has 126 valence electrons. The van der Waals surface area contributed by atoms with Gasteiger partial charge in [0.25, 0.3) is 0 Å². The zero-order valence-electron chi connectivity index (χ0n) is 14.2. The molecule has 1 amide bonds. The fourth-order valence-corrected chi connectivity index (χ4v) is 4.78. The van der Waals surface area contributed by atoms with Crippen LogP contribution in [0.5, 0.6) is 0 Å². The van der Waals surface area contributed by atoms with Crippen LogP contribution in [0.2, 0.25) is 0 Å². The highest BCUT2D eigenvalue weighted by molar-refractivity contribution is 7.99. The summed E-state index contributed by atoms with van der Waals surface area (Å²) in [6.07, 6.45) is 3.14. The number of morpholine rings is 1. The van der Waals surface area contributed by atoms with E-state index >= 15 is 0 Å². The Balaban J connectivity index is 1.62. The van der Waals surface area contributed by atoms with Gasteiger partial charge in [0.2, 0.25) is 5.91 Å². The summed E-state index contributed by atoms with van der Waals surface area (Å²) in [6.45, 7) is 6.32. The van der Waals surface area contributed by atoms with E-state index in [4.69, 9.17) is 4.74 Å². The molecule has 0 unspecified atom stereocenters. The minimum absolute atomic E-state index is 0.0233. The van der Waals surface area contributed by atoms with Crippen molar-refractivity contribution >= 4 is 17.7 Å². The van der Waals surface area contributed by atoms with Crippen LogP contribution in [0.3, 0.4) is 0 Å². The quantitative estimate of drug-likeness (QED) is 0.844. The molecule has 23 heavy (non-hydrogen) atoms. The van der Waals surface area contributed by atoms with Gasteiger partial charge in [-0.05, 0) is 55.2 Å². The van der Waals surface area contributed by atoms with Crippen LogP contribution in [-0.2, 0) is 9.53 Å². The van der Waals surface area contributed by atoms with Gasteiger partial charge < -0.3 is 9.64 Å². The molecule has 3 rings (SSSR count). The number of thioether (sulfide) groups is 1. The number of aryl methyl sites for hydroxylation is 2. The number of carbonyl (C=O) groups is 1. The first-order valence-corrected chi connectivity index (χ1v) is 9.83. The van der Waals surface area contributed by atoms with Crippen LogP contribution in [-0.4, -0.2) is 42.0 Å². The Morgan fingerprint density at radius 3 is 2.83 bits per heavy atom. The smallest absolute Gasteiger partial charge is 0.223 e. The summed E-state index contributed by atoms with van der Waals surface area (Å²) in [6, 6.07) is 6.48. The molecule has 2 fully saturated rings. The van der Waals surface area contributed by atoms with E-state index < -0.39 is 0 Å². The van der Waals surface area contributed by atoms with Crippen molar-refractivity contribution in [3.05, 3.63) is 34.9 Å². The highest BCUT2D eigenvalue weighted by Gasteiger charge is 2.28. The number of carbonyl (C=O) groups excluding carboxylic acids is 1. The SMILES string of the molecule is Cc1ccc([C@H]2CN(C(=O)CC3CCSCC3)CCO2)c(C)c1. The molecule has 1 aromatic carbocycles. The molecule has 0 saturated carbocycles. The van der Waals surface area contributed by atoms with Gasteiger partial charge in [-0.2, -0.15) is 11.8 Å². The molecule has 0 aromatic heterocycles. The van der Waals surface area contributed by atoms with Gasteiger partial charge >= 0.3 is 0 Å². The molecular formula is C19H27NO2S. The van der Waals surface area contributed by atoms with Crippen LogP contribution in [0.25, 0.3) is 0 Å². The highest BCUT2D eigenvalue weighted by atomic mass is 32.2. The van der Waals surface area contributed by atoms with Crippen molar-refractivity contribution in [1.82, 2.24) is 4.90 Å². The lowest BCUT2D eigenvalue weighted by Crippen LogP contribution is -2.43. The van der Waals surface area contributed by atoms with Crippen LogP contribution in [0.15, 0.2) is 18.2 Å². The number of hydrogen-bond acceptors (Lipinski definition) is 3. The van der Waals surface area contributed by atoms with Crippen molar-refractivity contribution in [2.75, 3.05) is 31.2 Å². The topological polar surface area (TPSA) is 29.5 Å². The molecule has 2 aliphatic heterocycles. The van der Waals surface area contributed by atoms with Crippen LogP contribution in [0.1, 0.15) is 42.1 Å². The third-order valence-corrected chi connectivity index (χ3v) is 6.04. The van der Waals surface area contributed by atoms with Crippen molar-refractivity contribution in [1.29, 1.82) is 0 Å². The third kappa shape index (κ3) is 4.30. The van der Waals surface area contributed by atoms with Gasteiger partial charge in [0, 0.05) is 13.0 Å². The normalized spacial score (nSPS) is 23.0. The van der Waals surface area contributed by atoms with E-state index in [1.165, 1.54) is 41.0 Å². The summed E-state index contributed by atoms with van der Waals surface area (Å²) in [7, 11) is 0. The van der Waals surface area contributed by atoms with Gasteiger partial charge in [-0.15, -0.1) is 0 Å². The molecular weight excluding hydrogens is 306 g/mol. The molecule has 4 heteroatoms. The lowest BCUT2D eigenvalue weighted by atomic mass is 9.97. The molecule has 3 nitrogen and oxygen atoms in total. The van der Waals surface area contributed by atoms with Crippen LogP contribution in [0.4, 0.5) is 0 Å². The summed E-state index contributed by atoms with van der Waals surface area (Å²) >= 11 is 2.02. The molecule has 1 aromatic rings. The maximum atomic E-state index is 12.6. The average Bonchev–Trinajstić information content (AvgIpc) is 2.56. The van der Waals surface area contributed by atoms with Crippen molar-refractivity contribution < 1.29 is 9.53 Å². The van der Waals surface area contributed by atoms with Crippen LogP contribution in [0, 0.1) is 19.8 Å². The maximum Gasteiger partial charge on any atom is 0.223 e. The second-order valence-corrected chi connectivity index (χ2v) is 8.04. The van der Waals surface area contributed by atoms with Crippen LogP contribution >= 0.6 is 11.8 Å².